The van der Waals surface area contributed by atoms with Crippen LogP contribution < -0.4 is 21.7 Å². The molecule has 0 unspecified atom stereocenters. The number of methoxy groups -OCH3 is 1. The fourth-order valence-corrected chi connectivity index (χ4v) is 2.65. The molecule has 0 aliphatic rings. The molecule has 170 valence electrons. The highest BCUT2D eigenvalue weighted by Gasteiger charge is 2.27. The van der Waals surface area contributed by atoms with E-state index in [0.717, 1.165) is 19.3 Å². The van der Waals surface area contributed by atoms with Gasteiger partial charge >= 0.3 is 11.9 Å². The number of aliphatic carboxylic acids is 1. The van der Waals surface area contributed by atoms with Crippen LogP contribution in [0.4, 0.5) is 0 Å². The van der Waals surface area contributed by atoms with Crippen LogP contribution >= 0.6 is 11.8 Å². The van der Waals surface area contributed by atoms with E-state index in [2.05, 4.69) is 20.7 Å². The number of amides is 3. The number of carbonyl (C=O) groups excluding carboxylic acids is 4. The number of thioether (sulfide) groups is 1. The number of nitrogens with one attached hydrogen (secondary N) is 3. The highest BCUT2D eigenvalue weighted by Crippen LogP contribution is 2.02. The second-order valence-electron chi connectivity index (χ2n) is 6.24. The second kappa shape index (κ2) is 15.3. The van der Waals surface area contributed by atoms with E-state index in [1.54, 1.807) is 0 Å². The summed E-state index contributed by atoms with van der Waals surface area (Å²) in [6, 6.07) is -3.17. The van der Waals surface area contributed by atoms with E-state index in [4.69, 9.17) is 5.73 Å². The van der Waals surface area contributed by atoms with Gasteiger partial charge in [0.25, 0.3) is 0 Å². The first-order chi connectivity index (χ1) is 14.2. The van der Waals surface area contributed by atoms with Crippen LogP contribution in [0.5, 0.6) is 0 Å². The van der Waals surface area contributed by atoms with Crippen LogP contribution in [0.15, 0.2) is 12.2 Å². The Balaban J connectivity index is 4.91. The van der Waals surface area contributed by atoms with Crippen molar-refractivity contribution < 1.29 is 33.8 Å². The average Bonchev–Trinajstić information content (AvgIpc) is 2.71. The maximum atomic E-state index is 12.5. The normalized spacial score (nSPS) is 13.7. The Morgan fingerprint density at radius 3 is 2.23 bits per heavy atom. The van der Waals surface area contributed by atoms with Crippen LogP contribution in [-0.4, -0.2) is 78.6 Å². The van der Waals surface area contributed by atoms with Crippen molar-refractivity contribution in [3.8, 4) is 0 Å². The third kappa shape index (κ3) is 11.4. The standard InChI is InChI=1S/C18H30N4O7S/c1-4-5-12(21-16(25)11(19)8-9-30-3)17(26)22-13(18(27)28)10-20-14(23)6-7-15(24)29-2/h6-7,11-13H,4-5,8-10,19H2,1-3H3,(H,20,23)(H,21,25)(H,22,26)(H,27,28)/b7-6+/t11-,12-,13-/m0/s1. The summed E-state index contributed by atoms with van der Waals surface area (Å²) in [7, 11) is 1.14. The minimum atomic E-state index is -1.44. The Hall–Kier alpha value is -2.60. The van der Waals surface area contributed by atoms with Gasteiger partial charge in [-0.05, 0) is 24.9 Å². The molecule has 3 amide bonds. The molecule has 0 rings (SSSR count). The van der Waals surface area contributed by atoms with Crippen molar-refractivity contribution in [3.63, 3.8) is 0 Å². The first-order valence-corrected chi connectivity index (χ1v) is 10.7. The molecule has 0 heterocycles. The predicted octanol–water partition coefficient (Wildman–Crippen LogP) is -1.23. The number of carboxylic acids is 1. The molecule has 0 bridgehead atoms. The predicted molar refractivity (Wildman–Crippen MR) is 112 cm³/mol. The highest BCUT2D eigenvalue weighted by molar-refractivity contribution is 7.98. The van der Waals surface area contributed by atoms with Gasteiger partial charge in [-0.1, -0.05) is 13.3 Å². The van der Waals surface area contributed by atoms with Crippen LogP contribution in [0.25, 0.3) is 0 Å². The Bertz CT molecular complexity index is 642. The number of nitrogens with two attached hydrogens (primary N) is 1. The Labute approximate surface area is 179 Å². The minimum absolute atomic E-state index is 0.285. The fraction of sp³-hybridized carbons (Fsp3) is 0.611. The number of carboxylic acid groups (broad SMARTS) is 1. The van der Waals surface area contributed by atoms with Crippen molar-refractivity contribution in [1.82, 2.24) is 16.0 Å². The third-order valence-corrected chi connectivity index (χ3v) is 4.49. The van der Waals surface area contributed by atoms with Crippen molar-refractivity contribution in [2.75, 3.05) is 25.7 Å². The summed E-state index contributed by atoms with van der Waals surface area (Å²) in [6.45, 7) is 1.38. The zero-order valence-corrected chi connectivity index (χ0v) is 18.1. The molecule has 6 N–H and O–H groups in total. The van der Waals surface area contributed by atoms with E-state index in [0.29, 0.717) is 18.6 Å². The number of esters is 1. The molecular weight excluding hydrogens is 416 g/mol. The molecule has 0 aromatic rings. The van der Waals surface area contributed by atoms with Gasteiger partial charge in [-0.15, -0.1) is 0 Å². The molecule has 0 fully saturated rings. The molecular formula is C18H30N4O7S. The molecule has 0 radical (unpaired) electrons. The van der Waals surface area contributed by atoms with Gasteiger partial charge in [-0.25, -0.2) is 9.59 Å². The molecule has 0 saturated carbocycles. The largest absolute Gasteiger partial charge is 0.480 e. The summed E-state index contributed by atoms with van der Waals surface area (Å²) < 4.78 is 4.33. The average molecular weight is 447 g/mol. The van der Waals surface area contributed by atoms with Gasteiger partial charge in [0.1, 0.15) is 12.1 Å². The van der Waals surface area contributed by atoms with Crippen LogP contribution in [-0.2, 0) is 28.7 Å². The van der Waals surface area contributed by atoms with E-state index in [9.17, 15) is 29.1 Å². The molecule has 0 saturated heterocycles. The maximum Gasteiger partial charge on any atom is 0.330 e. The van der Waals surface area contributed by atoms with E-state index < -0.39 is 54.3 Å². The number of hydrogen-bond acceptors (Lipinski definition) is 8. The van der Waals surface area contributed by atoms with Crippen molar-refractivity contribution in [2.45, 2.75) is 44.3 Å². The molecule has 0 spiro atoms. The Morgan fingerprint density at radius 2 is 1.70 bits per heavy atom. The van der Waals surface area contributed by atoms with Crippen molar-refractivity contribution >= 4 is 41.4 Å². The van der Waals surface area contributed by atoms with Crippen molar-refractivity contribution in [1.29, 1.82) is 0 Å². The number of carbonyl (C=O) groups is 5. The van der Waals surface area contributed by atoms with Gasteiger partial charge in [0.2, 0.25) is 17.7 Å². The summed E-state index contributed by atoms with van der Waals surface area (Å²) in [5.74, 6) is -3.37. The number of hydrogen-bond donors (Lipinski definition) is 5. The molecule has 0 aliphatic heterocycles. The highest BCUT2D eigenvalue weighted by atomic mass is 32.2. The molecule has 12 heteroatoms. The third-order valence-electron chi connectivity index (χ3n) is 3.85. The summed E-state index contributed by atoms with van der Waals surface area (Å²) in [6.07, 6.45) is 4.92. The summed E-state index contributed by atoms with van der Waals surface area (Å²) in [5, 5.41) is 16.4. The molecule has 3 atom stereocenters. The topological polar surface area (TPSA) is 177 Å². The number of ether oxygens (including phenoxy) is 1. The Morgan fingerprint density at radius 1 is 1.07 bits per heavy atom. The maximum absolute atomic E-state index is 12.5. The van der Waals surface area contributed by atoms with Gasteiger partial charge < -0.3 is 31.5 Å². The van der Waals surface area contributed by atoms with Gasteiger partial charge in [0.15, 0.2) is 0 Å². The lowest BCUT2D eigenvalue weighted by molar-refractivity contribution is -0.142. The van der Waals surface area contributed by atoms with Crippen LogP contribution in [0.2, 0.25) is 0 Å². The molecule has 0 aromatic carbocycles. The van der Waals surface area contributed by atoms with Crippen LogP contribution in [0, 0.1) is 0 Å². The molecule has 30 heavy (non-hydrogen) atoms. The zero-order chi connectivity index (χ0) is 23.1. The van der Waals surface area contributed by atoms with Gasteiger partial charge in [-0.2, -0.15) is 11.8 Å². The van der Waals surface area contributed by atoms with E-state index in [-0.39, 0.29) is 6.42 Å². The lowest BCUT2D eigenvalue weighted by Gasteiger charge is -2.22. The van der Waals surface area contributed by atoms with Gasteiger partial charge in [-0.3, -0.25) is 14.4 Å². The van der Waals surface area contributed by atoms with Crippen molar-refractivity contribution in [2.24, 2.45) is 5.73 Å². The zero-order valence-electron chi connectivity index (χ0n) is 17.3. The van der Waals surface area contributed by atoms with E-state index in [1.165, 1.54) is 11.8 Å². The summed E-state index contributed by atoms with van der Waals surface area (Å²) >= 11 is 1.54. The quantitative estimate of drug-likeness (QED) is 0.161. The van der Waals surface area contributed by atoms with Crippen molar-refractivity contribution in [3.05, 3.63) is 12.2 Å². The lowest BCUT2D eigenvalue weighted by atomic mass is 10.1. The first-order valence-electron chi connectivity index (χ1n) is 9.28. The monoisotopic (exact) mass is 446 g/mol. The summed E-state index contributed by atoms with van der Waals surface area (Å²) in [4.78, 5) is 58.7. The summed E-state index contributed by atoms with van der Waals surface area (Å²) in [5.41, 5.74) is 5.80. The molecule has 11 nitrogen and oxygen atoms in total. The lowest BCUT2D eigenvalue weighted by Crippen LogP contribution is -2.56. The minimum Gasteiger partial charge on any atom is -0.480 e. The molecule has 0 aromatic heterocycles. The fourth-order valence-electron chi connectivity index (χ4n) is 2.16. The van der Waals surface area contributed by atoms with Gasteiger partial charge in [0.05, 0.1) is 13.2 Å². The van der Waals surface area contributed by atoms with E-state index >= 15 is 0 Å². The number of rotatable bonds is 14. The SMILES string of the molecule is CCC[C@H](NC(=O)[C@@H](N)CCSC)C(=O)N[C@@H](CNC(=O)/C=C/C(=O)OC)C(=O)O. The molecule has 0 aliphatic carbocycles. The smallest absolute Gasteiger partial charge is 0.330 e. The Kier molecular flexibility index (Phi) is 13.9. The first kappa shape index (κ1) is 27.4. The second-order valence-corrected chi connectivity index (χ2v) is 7.22. The van der Waals surface area contributed by atoms with E-state index in [1.807, 2.05) is 13.2 Å². The van der Waals surface area contributed by atoms with Crippen LogP contribution in [0.1, 0.15) is 26.2 Å². The van der Waals surface area contributed by atoms with Crippen LogP contribution in [0.3, 0.4) is 0 Å². The van der Waals surface area contributed by atoms with Gasteiger partial charge in [0, 0.05) is 18.7 Å².